The van der Waals surface area contributed by atoms with Crippen molar-refractivity contribution in [3.63, 3.8) is 0 Å². The first-order chi connectivity index (χ1) is 8.49. The predicted molar refractivity (Wildman–Crippen MR) is 61.6 cm³/mol. The van der Waals surface area contributed by atoms with Crippen LogP contribution in [0.2, 0.25) is 0 Å². The summed E-state index contributed by atoms with van der Waals surface area (Å²) < 4.78 is 14.8. The lowest BCUT2D eigenvalue weighted by molar-refractivity contribution is -0.140. The van der Waals surface area contributed by atoms with Gasteiger partial charge in [-0.25, -0.2) is 9.18 Å². The van der Waals surface area contributed by atoms with E-state index in [2.05, 4.69) is 5.10 Å². The molecule has 0 amide bonds. The van der Waals surface area contributed by atoms with E-state index in [1.54, 1.807) is 0 Å². The Kier molecular flexibility index (Phi) is 3.01. The van der Waals surface area contributed by atoms with Crippen molar-refractivity contribution in [1.82, 2.24) is 9.78 Å². The van der Waals surface area contributed by atoms with Crippen LogP contribution in [0.4, 0.5) is 4.39 Å². The van der Waals surface area contributed by atoms with Crippen LogP contribution >= 0.6 is 0 Å². The van der Waals surface area contributed by atoms with E-state index in [9.17, 15) is 9.18 Å². The second-order valence-corrected chi connectivity index (χ2v) is 3.89. The van der Waals surface area contributed by atoms with Gasteiger partial charge in [0.05, 0.1) is 6.20 Å². The summed E-state index contributed by atoms with van der Waals surface area (Å²) in [5.74, 6) is -1.77. The molecule has 2 N–H and O–H groups in total. The van der Waals surface area contributed by atoms with Gasteiger partial charge in [0, 0.05) is 23.4 Å². The Morgan fingerprint density at radius 3 is 2.83 bits per heavy atom. The summed E-state index contributed by atoms with van der Waals surface area (Å²) in [6, 6.07) is 2.94. The fourth-order valence-electron chi connectivity index (χ4n) is 1.54. The Bertz CT molecular complexity index is 595. The molecule has 0 aliphatic heterocycles. The van der Waals surface area contributed by atoms with E-state index < -0.39 is 17.8 Å². The highest BCUT2D eigenvalue weighted by molar-refractivity contribution is 5.71. The van der Waals surface area contributed by atoms with Crippen LogP contribution in [0.25, 0.3) is 11.1 Å². The first-order valence-electron chi connectivity index (χ1n) is 5.25. The summed E-state index contributed by atoms with van der Waals surface area (Å²) in [5, 5.41) is 21.8. The first-order valence-corrected chi connectivity index (χ1v) is 5.25. The van der Waals surface area contributed by atoms with Gasteiger partial charge in [-0.1, -0.05) is 0 Å². The molecule has 0 aliphatic carbocycles. The van der Waals surface area contributed by atoms with Crippen LogP contribution in [0.3, 0.4) is 0 Å². The Balaban J connectivity index is 2.38. The quantitative estimate of drug-likeness (QED) is 0.874. The highest BCUT2D eigenvalue weighted by Crippen LogP contribution is 2.25. The fraction of sp³-hybridized carbons (Fsp3) is 0.167. The van der Waals surface area contributed by atoms with E-state index in [-0.39, 0.29) is 11.3 Å². The van der Waals surface area contributed by atoms with Crippen LogP contribution in [0.1, 0.15) is 13.0 Å². The normalized spacial score (nSPS) is 12.3. The van der Waals surface area contributed by atoms with E-state index in [4.69, 9.17) is 10.2 Å². The van der Waals surface area contributed by atoms with E-state index >= 15 is 0 Å². The average Bonchev–Trinajstić information content (AvgIpc) is 2.77. The van der Waals surface area contributed by atoms with Gasteiger partial charge in [0.25, 0.3) is 0 Å². The SMILES string of the molecule is CC(C(=O)O)n1cc(-c2ccc(O)cc2F)cn1. The maximum atomic E-state index is 13.6. The largest absolute Gasteiger partial charge is 0.508 e. The number of carboxylic acid groups (broad SMARTS) is 1. The molecular formula is C12H11FN2O3. The van der Waals surface area contributed by atoms with Crippen molar-refractivity contribution in [3.05, 3.63) is 36.4 Å². The number of aliphatic carboxylic acids is 1. The maximum absolute atomic E-state index is 13.6. The maximum Gasteiger partial charge on any atom is 0.328 e. The molecule has 5 nitrogen and oxygen atoms in total. The van der Waals surface area contributed by atoms with Crippen LogP contribution in [-0.2, 0) is 4.79 Å². The summed E-state index contributed by atoms with van der Waals surface area (Å²) >= 11 is 0. The van der Waals surface area contributed by atoms with Crippen LogP contribution in [-0.4, -0.2) is 26.0 Å². The molecule has 94 valence electrons. The Morgan fingerprint density at radius 1 is 1.50 bits per heavy atom. The average molecular weight is 250 g/mol. The highest BCUT2D eigenvalue weighted by atomic mass is 19.1. The molecule has 0 saturated heterocycles. The molecule has 18 heavy (non-hydrogen) atoms. The van der Waals surface area contributed by atoms with Gasteiger partial charge in [-0.05, 0) is 19.1 Å². The van der Waals surface area contributed by atoms with Gasteiger partial charge in [0.1, 0.15) is 17.6 Å². The molecule has 1 aromatic heterocycles. The number of rotatable bonds is 3. The summed E-state index contributed by atoms with van der Waals surface area (Å²) in [5.41, 5.74) is 0.720. The Morgan fingerprint density at radius 2 is 2.22 bits per heavy atom. The molecule has 1 atom stereocenters. The number of nitrogens with zero attached hydrogens (tertiary/aromatic N) is 2. The fourth-order valence-corrected chi connectivity index (χ4v) is 1.54. The molecular weight excluding hydrogens is 239 g/mol. The van der Waals surface area contributed by atoms with Gasteiger partial charge in [-0.2, -0.15) is 5.10 Å². The lowest BCUT2D eigenvalue weighted by Crippen LogP contribution is -2.15. The molecule has 0 saturated carbocycles. The molecule has 6 heteroatoms. The topological polar surface area (TPSA) is 75.3 Å². The second kappa shape index (κ2) is 4.48. The molecule has 1 aromatic carbocycles. The van der Waals surface area contributed by atoms with Gasteiger partial charge in [0.2, 0.25) is 0 Å². The van der Waals surface area contributed by atoms with Crippen molar-refractivity contribution in [2.75, 3.05) is 0 Å². The number of hydrogen-bond donors (Lipinski definition) is 2. The van der Waals surface area contributed by atoms with Crippen LogP contribution in [0, 0.1) is 5.82 Å². The van der Waals surface area contributed by atoms with Crippen molar-refractivity contribution in [2.45, 2.75) is 13.0 Å². The van der Waals surface area contributed by atoms with Crippen molar-refractivity contribution in [2.24, 2.45) is 0 Å². The van der Waals surface area contributed by atoms with Gasteiger partial charge in [-0.3, -0.25) is 4.68 Å². The third kappa shape index (κ3) is 2.17. The summed E-state index contributed by atoms with van der Waals surface area (Å²) in [4.78, 5) is 10.8. The summed E-state index contributed by atoms with van der Waals surface area (Å²) in [7, 11) is 0. The zero-order chi connectivity index (χ0) is 13.3. The first kappa shape index (κ1) is 12.1. The molecule has 2 rings (SSSR count). The zero-order valence-corrected chi connectivity index (χ0v) is 9.54. The van der Waals surface area contributed by atoms with Crippen molar-refractivity contribution >= 4 is 5.97 Å². The smallest absolute Gasteiger partial charge is 0.328 e. The minimum absolute atomic E-state index is 0.164. The third-order valence-electron chi connectivity index (χ3n) is 2.62. The van der Waals surface area contributed by atoms with Crippen molar-refractivity contribution in [1.29, 1.82) is 0 Å². The molecule has 2 aromatic rings. The van der Waals surface area contributed by atoms with Gasteiger partial charge in [0.15, 0.2) is 0 Å². The number of carbonyl (C=O) groups is 1. The number of phenols is 1. The number of carboxylic acids is 1. The van der Waals surface area contributed by atoms with Gasteiger partial charge in [-0.15, -0.1) is 0 Å². The van der Waals surface area contributed by atoms with E-state index in [1.165, 1.54) is 36.1 Å². The third-order valence-corrected chi connectivity index (χ3v) is 2.62. The number of hydrogen-bond acceptors (Lipinski definition) is 3. The lowest BCUT2D eigenvalue weighted by Gasteiger charge is -2.05. The highest BCUT2D eigenvalue weighted by Gasteiger charge is 2.15. The van der Waals surface area contributed by atoms with Crippen molar-refractivity contribution in [3.8, 4) is 16.9 Å². The molecule has 0 fully saturated rings. The Labute approximate surface area is 102 Å². The van der Waals surface area contributed by atoms with E-state index in [1.807, 2.05) is 0 Å². The lowest BCUT2D eigenvalue weighted by atomic mass is 10.1. The van der Waals surface area contributed by atoms with Crippen LogP contribution in [0.5, 0.6) is 5.75 Å². The van der Waals surface area contributed by atoms with Crippen LogP contribution in [0.15, 0.2) is 30.6 Å². The minimum Gasteiger partial charge on any atom is -0.508 e. The van der Waals surface area contributed by atoms with E-state index in [0.29, 0.717) is 5.56 Å². The predicted octanol–water partition coefficient (Wildman–Crippen LogP) is 2.04. The molecule has 0 aliphatic rings. The van der Waals surface area contributed by atoms with Crippen LogP contribution < -0.4 is 0 Å². The summed E-state index contributed by atoms with van der Waals surface area (Å²) in [6.45, 7) is 1.48. The monoisotopic (exact) mass is 250 g/mol. The summed E-state index contributed by atoms with van der Waals surface area (Å²) in [6.07, 6.45) is 2.84. The number of phenolic OH excluding ortho intramolecular Hbond substituents is 1. The zero-order valence-electron chi connectivity index (χ0n) is 9.54. The number of aromatic hydroxyl groups is 1. The minimum atomic E-state index is -1.02. The number of aromatic nitrogens is 2. The molecule has 1 unspecified atom stereocenters. The van der Waals surface area contributed by atoms with Gasteiger partial charge < -0.3 is 10.2 Å². The van der Waals surface area contributed by atoms with Gasteiger partial charge >= 0.3 is 5.97 Å². The Hall–Kier alpha value is -2.37. The molecule has 0 spiro atoms. The number of halogens is 1. The molecule has 0 radical (unpaired) electrons. The van der Waals surface area contributed by atoms with Crippen molar-refractivity contribution < 1.29 is 19.4 Å². The number of benzene rings is 1. The molecule has 1 heterocycles. The second-order valence-electron chi connectivity index (χ2n) is 3.89. The standard InChI is InChI=1S/C12H11FN2O3/c1-7(12(17)18)15-6-8(5-14-15)10-3-2-9(16)4-11(10)13/h2-7,16H,1H3,(H,17,18). The molecule has 0 bridgehead atoms. The van der Waals surface area contributed by atoms with E-state index in [0.717, 1.165) is 6.07 Å².